The number of carbonyl (C=O) groups is 4. The molecule has 0 saturated carbocycles. The van der Waals surface area contributed by atoms with Crippen molar-refractivity contribution in [3.63, 3.8) is 0 Å². The van der Waals surface area contributed by atoms with Gasteiger partial charge in [0.1, 0.15) is 11.7 Å². The van der Waals surface area contributed by atoms with Crippen molar-refractivity contribution < 1.29 is 104 Å². The molecule has 2 fully saturated rings. The van der Waals surface area contributed by atoms with E-state index >= 15 is 0 Å². The number of rotatable bonds is 12. The normalized spacial score (nSPS) is 14.2. The van der Waals surface area contributed by atoms with Crippen molar-refractivity contribution in [2.24, 2.45) is 5.92 Å². The average Bonchev–Trinajstić information content (AvgIpc) is 4.23. The predicted octanol–water partition coefficient (Wildman–Crippen LogP) is 3.52. The molecule has 4 N–H and O–H groups in total. The van der Waals surface area contributed by atoms with Gasteiger partial charge in [-0.25, -0.2) is 9.97 Å². The number of likely N-dealkylation sites (tertiary alicyclic amines) is 2. The fourth-order valence-electron chi connectivity index (χ4n) is 7.67. The van der Waals surface area contributed by atoms with Gasteiger partial charge in [-0.1, -0.05) is 48.5 Å². The number of carboxylic acids is 1. The molecule has 0 bridgehead atoms. The van der Waals surface area contributed by atoms with Crippen LogP contribution in [0.1, 0.15) is 80.0 Å². The Morgan fingerprint density at radius 2 is 1.12 bits per heavy atom. The molecule has 0 unspecified atom stereocenters. The minimum atomic E-state index is -5.19. The number of aliphatic hydroxyl groups is 1. The Bertz CT molecular complexity index is 3020. The van der Waals surface area contributed by atoms with Crippen molar-refractivity contribution in [2.75, 3.05) is 20.2 Å². The summed E-state index contributed by atoms with van der Waals surface area (Å²) in [6.45, 7) is 7.47. The summed E-state index contributed by atoms with van der Waals surface area (Å²) < 4.78 is 112. The first-order valence-electron chi connectivity index (χ1n) is 23.1. The minimum absolute atomic E-state index is 0. The maximum atomic E-state index is 13.0. The standard InChI is InChI=1S/C25H23F3N4O.C12H13F3N2O.C12H9N3O.C2HF3O2.CN.CH4O.B.ClH.Na/c26-25(27,28)22-3-1-2-20(12-22)16-31-11-10-21(24(31)33)8-9-23-14-30-17-32(23)15-19-6-4-18(13-29)5-7-19;13-12(14,15)9-3-1-2-8(6-9)7-17-5-4-10(16)11(17)18;13-5-10-1-3-11(4-2-10)7-15-9-14-6-12(15)8-16;3-2(4,5)1(6)7;2*1-2;;;/h1-7,12,14,17,21H,8-11,15-16H2;1-3,6,10H,4-5,7,16H2;1-4,6,8-9H,7H2;(H,6,7);;2H,1H3;;1H;/q;;;;-1;;;;+1/t21-;10-;;;;;;;/m00......./s1. The number of aliphatic carboxylic acids is 1. The van der Waals surface area contributed by atoms with Crippen LogP contribution >= 0.6 is 12.4 Å². The molecule has 16 nitrogen and oxygen atoms in total. The SMILES string of the molecule is CO.Cl.N#Cc1ccc(Cn2cncc2C=O)cc1.N#Cc1ccc(Cn2cncc2CC[C@H]2CCN(Cc3cccc(C(F)(F)F)c3)C2=O)cc1.O=C([O-])C(F)(F)F.[B].[C-]#N.[NH3+][C@H]1CCN(Cc2cccc(C(F)(F)F)c2)C1=O.[Na+]. The summed E-state index contributed by atoms with van der Waals surface area (Å²) in [6, 6.07) is 28.8. The third-order valence-electron chi connectivity index (χ3n) is 11.6. The number of quaternary nitrogens is 1. The topological polar surface area (TPSA) is 253 Å². The van der Waals surface area contributed by atoms with E-state index in [0.29, 0.717) is 79.8 Å². The third-order valence-corrected chi connectivity index (χ3v) is 11.6. The van der Waals surface area contributed by atoms with Crippen LogP contribution in [0.2, 0.25) is 0 Å². The fraction of sp³-hybridized carbons (Fsp3) is 0.302. The zero-order valence-electron chi connectivity index (χ0n) is 43.5. The summed E-state index contributed by atoms with van der Waals surface area (Å²) in [4.78, 5) is 55.3. The second-order valence-corrected chi connectivity index (χ2v) is 16.9. The molecule has 6 aromatic rings. The Hall–Kier alpha value is -7.51. The number of alkyl halides is 9. The van der Waals surface area contributed by atoms with Crippen molar-refractivity contribution in [1.29, 1.82) is 15.8 Å². The molecule has 2 amide bonds. The van der Waals surface area contributed by atoms with Crippen LogP contribution in [0.15, 0.2) is 122 Å². The first-order valence-corrected chi connectivity index (χ1v) is 23.1. The third kappa shape index (κ3) is 23.6. The second-order valence-electron chi connectivity index (χ2n) is 16.9. The molecule has 4 aromatic carbocycles. The molecule has 423 valence electrons. The summed E-state index contributed by atoms with van der Waals surface area (Å²) in [5, 5.41) is 39.6. The van der Waals surface area contributed by atoms with Crippen molar-refractivity contribution in [3.8, 4) is 12.1 Å². The van der Waals surface area contributed by atoms with E-state index in [1.54, 1.807) is 69.6 Å². The summed E-state index contributed by atoms with van der Waals surface area (Å²) in [6.07, 6.45) is -3.77. The number of hydrogen-bond acceptors (Lipinski definition) is 11. The van der Waals surface area contributed by atoms with E-state index in [2.05, 4.69) is 27.8 Å². The largest absolute Gasteiger partial charge is 1.00 e. The fourth-order valence-corrected chi connectivity index (χ4v) is 7.67. The number of carbonyl (C=O) groups excluding carboxylic acids is 4. The molecular formula is C53H51BClF9N10NaO6. The molecule has 2 aromatic heterocycles. The van der Waals surface area contributed by atoms with Gasteiger partial charge in [0.2, 0.25) is 5.91 Å². The number of imidazole rings is 2. The predicted molar refractivity (Wildman–Crippen MR) is 269 cm³/mol. The van der Waals surface area contributed by atoms with Crippen LogP contribution in [0.3, 0.4) is 0 Å². The zero-order chi connectivity index (χ0) is 58.2. The number of aromatic nitrogens is 4. The Morgan fingerprint density at radius 1 is 0.704 bits per heavy atom. The van der Waals surface area contributed by atoms with E-state index in [1.807, 2.05) is 28.8 Å². The molecule has 3 radical (unpaired) electrons. The number of carboxylic acid groups (broad SMARTS) is 1. The number of aryl methyl sites for hydroxylation is 1. The Kier molecular flexibility index (Phi) is 32.0. The number of aldehydes is 1. The van der Waals surface area contributed by atoms with E-state index < -0.39 is 35.6 Å². The first-order chi connectivity index (χ1) is 37.0. The molecule has 0 aliphatic carbocycles. The number of hydrogen-bond donors (Lipinski definition) is 2. The van der Waals surface area contributed by atoms with Crippen LogP contribution in [0, 0.1) is 40.4 Å². The van der Waals surface area contributed by atoms with Crippen LogP contribution in [-0.4, -0.2) is 98.9 Å². The summed E-state index contributed by atoms with van der Waals surface area (Å²) in [5.74, 6) is -3.25. The summed E-state index contributed by atoms with van der Waals surface area (Å²) in [5.41, 5.74) is 8.18. The molecule has 2 saturated heterocycles. The first kappa shape index (κ1) is 73.5. The second kappa shape index (κ2) is 35.3. The number of nitrogens with zero attached hydrogens (tertiary/aromatic N) is 9. The van der Waals surface area contributed by atoms with Crippen molar-refractivity contribution in [2.45, 2.75) is 76.4 Å². The van der Waals surface area contributed by atoms with Gasteiger partial charge in [-0.2, -0.15) is 50.0 Å². The van der Waals surface area contributed by atoms with Crippen molar-refractivity contribution in [3.05, 3.63) is 185 Å². The quantitative estimate of drug-likeness (QED) is 0.0776. The van der Waals surface area contributed by atoms with Gasteiger partial charge in [0.15, 0.2) is 12.3 Å². The maximum Gasteiger partial charge on any atom is 1.00 e. The van der Waals surface area contributed by atoms with Crippen molar-refractivity contribution >= 4 is 44.9 Å². The minimum Gasteiger partial charge on any atom is -0.542 e. The molecule has 0 spiro atoms. The van der Waals surface area contributed by atoms with Gasteiger partial charge < -0.3 is 51.5 Å². The van der Waals surface area contributed by atoms with E-state index in [-0.39, 0.29) is 87.2 Å². The monoisotopic (exact) mass is 1160 g/mol. The van der Waals surface area contributed by atoms with Gasteiger partial charge in [0.05, 0.1) is 53.2 Å². The van der Waals surface area contributed by atoms with Gasteiger partial charge >= 0.3 is 48.1 Å². The average molecular weight is 1160 g/mol. The number of nitriles is 2. The molecule has 4 heterocycles. The molecule has 28 heteroatoms. The molecule has 8 rings (SSSR count). The van der Waals surface area contributed by atoms with Gasteiger partial charge in [0.25, 0.3) is 5.91 Å². The van der Waals surface area contributed by atoms with E-state index in [4.69, 9.17) is 37.4 Å². The molecular weight excluding hydrogens is 1110 g/mol. The van der Waals surface area contributed by atoms with E-state index in [9.17, 15) is 53.9 Å². The number of halogens is 10. The van der Waals surface area contributed by atoms with Gasteiger partial charge in [0, 0.05) is 79.0 Å². The Balaban J connectivity index is 0.00000114. The van der Waals surface area contributed by atoms with Crippen LogP contribution < -0.4 is 40.4 Å². The van der Waals surface area contributed by atoms with Gasteiger partial charge in [-0.3, -0.25) is 14.4 Å². The Labute approximate surface area is 490 Å². The molecule has 2 atom stereocenters. The van der Waals surface area contributed by atoms with Gasteiger partial charge in [-0.05, 0) is 90.0 Å². The molecule has 2 aliphatic heterocycles. The van der Waals surface area contributed by atoms with E-state index in [1.165, 1.54) is 18.3 Å². The summed E-state index contributed by atoms with van der Waals surface area (Å²) >= 11 is 0. The van der Waals surface area contributed by atoms with Crippen molar-refractivity contribution in [1.82, 2.24) is 28.9 Å². The summed E-state index contributed by atoms with van der Waals surface area (Å²) in [7, 11) is 1.00. The molecule has 81 heavy (non-hydrogen) atoms. The Morgan fingerprint density at radius 3 is 1.53 bits per heavy atom. The zero-order valence-corrected chi connectivity index (χ0v) is 46.3. The van der Waals surface area contributed by atoms with Crippen LogP contribution in [-0.2, 0) is 59.3 Å². The number of benzene rings is 4. The van der Waals surface area contributed by atoms with Crippen LogP contribution in [0.5, 0.6) is 0 Å². The maximum absolute atomic E-state index is 13.0. The smallest absolute Gasteiger partial charge is 0.542 e. The molecule has 2 aliphatic rings. The number of aliphatic hydroxyl groups excluding tert-OH is 1. The van der Waals surface area contributed by atoms with Crippen LogP contribution in [0.25, 0.3) is 0 Å². The number of amides is 2. The van der Waals surface area contributed by atoms with Crippen LogP contribution in [0.4, 0.5) is 39.5 Å². The van der Waals surface area contributed by atoms with E-state index in [0.717, 1.165) is 54.5 Å². The van der Waals surface area contributed by atoms with Gasteiger partial charge in [-0.15, -0.1) is 12.4 Å².